The second-order valence-electron chi connectivity index (χ2n) is 1.14. The van der Waals surface area contributed by atoms with Crippen LogP contribution in [0.15, 0.2) is 0 Å². The molecule has 0 aliphatic heterocycles. The van der Waals surface area contributed by atoms with Gasteiger partial charge in [-0.1, -0.05) is 13.3 Å². The van der Waals surface area contributed by atoms with E-state index in [1.807, 2.05) is 0 Å². The Hall–Kier alpha value is -0.120. The summed E-state index contributed by atoms with van der Waals surface area (Å²) < 4.78 is 0. The maximum Gasteiger partial charge on any atom is -0.00774 e. The third kappa shape index (κ3) is 25.0. The largest absolute Gasteiger partial charge is 0.344 e. The molecule has 0 rings (SSSR count). The predicted molar refractivity (Wildman–Crippen MR) is 34.0 cm³/mol. The fraction of sp³-hybridized carbons (Fsp3) is 1.00. The van der Waals surface area contributed by atoms with E-state index in [9.17, 15) is 0 Å². The molecule has 0 aliphatic rings. The summed E-state index contributed by atoms with van der Waals surface area (Å²) in [5.41, 5.74) is 5.14. The molecule has 0 unspecified atom stereocenters. The van der Waals surface area contributed by atoms with E-state index in [1.54, 1.807) is 0 Å². The minimum absolute atomic E-state index is 0. The number of hydrogen-bond donors (Lipinski definition) is 3. The van der Waals surface area contributed by atoms with E-state index < -0.39 is 0 Å². The number of nitrogens with two attached hydrogens (primary N) is 1. The first-order valence-electron chi connectivity index (χ1n) is 2.12. The maximum absolute atomic E-state index is 5.14. The van der Waals surface area contributed by atoms with Crippen molar-refractivity contribution in [3.63, 3.8) is 0 Å². The molecular weight excluding hydrogens is 90.1 g/mol. The molecule has 0 fully saturated rings. The zero-order chi connectivity index (χ0) is 4.12. The molecule has 0 spiro atoms. The van der Waals surface area contributed by atoms with Gasteiger partial charge in [-0.05, 0) is 13.0 Å². The topological polar surface area (TPSA) is 96.0 Å². The molecule has 0 atom stereocenters. The van der Waals surface area contributed by atoms with Gasteiger partial charge in [-0.3, -0.25) is 0 Å². The lowest BCUT2D eigenvalue weighted by atomic mass is 10.3. The molecule has 0 radical (unpaired) electrons. The molecule has 3 nitrogen and oxygen atoms in total. The Balaban J connectivity index is -0.0000000800. The minimum atomic E-state index is 0. The molecule has 0 saturated heterocycles. The van der Waals surface area contributed by atoms with Crippen molar-refractivity contribution in [2.45, 2.75) is 19.8 Å². The molecule has 3 heteroatoms. The van der Waals surface area contributed by atoms with E-state index in [4.69, 9.17) is 5.73 Å². The molecule has 0 amide bonds. The van der Waals surface area contributed by atoms with Gasteiger partial charge in [0.2, 0.25) is 0 Å². The normalized spacial score (nSPS) is 6.00. The van der Waals surface area contributed by atoms with E-state index >= 15 is 0 Å². The molecule has 8 N–H and O–H groups in total. The van der Waals surface area contributed by atoms with Crippen LogP contribution in [0.25, 0.3) is 0 Å². The Morgan fingerprint density at radius 2 is 1.71 bits per heavy atom. The maximum atomic E-state index is 5.14. The van der Waals surface area contributed by atoms with Crippen LogP contribution < -0.4 is 18.0 Å². The number of unbranched alkanes of at least 4 members (excludes halogenated alkanes) is 1. The van der Waals surface area contributed by atoms with Crippen molar-refractivity contribution in [1.82, 2.24) is 12.3 Å². The second-order valence-corrected chi connectivity index (χ2v) is 1.14. The zero-order valence-corrected chi connectivity index (χ0v) is 5.11. The minimum Gasteiger partial charge on any atom is -0.344 e. The SMILES string of the molecule is CCCCN.N.N. The fourth-order valence-corrected chi connectivity index (χ4v) is 0.204. The molecule has 0 bridgehead atoms. The number of hydrogen-bond acceptors (Lipinski definition) is 3. The summed E-state index contributed by atoms with van der Waals surface area (Å²) >= 11 is 0. The monoisotopic (exact) mass is 107 g/mol. The molecule has 7 heavy (non-hydrogen) atoms. The molecular formula is C4H17N3. The van der Waals surface area contributed by atoms with Crippen LogP contribution in [0.2, 0.25) is 0 Å². The van der Waals surface area contributed by atoms with Gasteiger partial charge < -0.3 is 18.0 Å². The highest BCUT2D eigenvalue weighted by Gasteiger charge is 1.67. The van der Waals surface area contributed by atoms with Crippen molar-refractivity contribution in [3.05, 3.63) is 0 Å². The molecule has 0 heterocycles. The molecule has 48 valence electrons. The van der Waals surface area contributed by atoms with E-state index in [2.05, 4.69) is 6.92 Å². The first kappa shape index (κ1) is 15.8. The summed E-state index contributed by atoms with van der Waals surface area (Å²) in [5, 5.41) is 0. The van der Waals surface area contributed by atoms with Gasteiger partial charge in [-0.25, -0.2) is 0 Å². The van der Waals surface area contributed by atoms with E-state index in [-0.39, 0.29) is 12.3 Å². The lowest BCUT2D eigenvalue weighted by molar-refractivity contribution is 0.807. The van der Waals surface area contributed by atoms with Crippen molar-refractivity contribution < 1.29 is 0 Å². The highest BCUT2D eigenvalue weighted by Crippen LogP contribution is 1.77. The van der Waals surface area contributed by atoms with Crippen LogP contribution in [-0.2, 0) is 0 Å². The van der Waals surface area contributed by atoms with Gasteiger partial charge in [0.1, 0.15) is 0 Å². The van der Waals surface area contributed by atoms with Crippen LogP contribution in [0, 0.1) is 0 Å². The van der Waals surface area contributed by atoms with Crippen LogP contribution in [0.1, 0.15) is 19.8 Å². The summed E-state index contributed by atoms with van der Waals surface area (Å²) in [6.45, 7) is 2.98. The molecule has 0 aliphatic carbocycles. The summed E-state index contributed by atoms with van der Waals surface area (Å²) in [6, 6.07) is 0. The average Bonchev–Trinajstić information content (AvgIpc) is 1.41. The lowest BCUT2D eigenvalue weighted by Crippen LogP contribution is -1.95. The fourth-order valence-electron chi connectivity index (χ4n) is 0.204. The third-order valence-corrected chi connectivity index (χ3v) is 0.558. The van der Waals surface area contributed by atoms with Crippen LogP contribution >= 0.6 is 0 Å². The first-order chi connectivity index (χ1) is 2.41. The van der Waals surface area contributed by atoms with Gasteiger partial charge in [0.05, 0.1) is 0 Å². The van der Waals surface area contributed by atoms with Gasteiger partial charge in [0.25, 0.3) is 0 Å². The Morgan fingerprint density at radius 3 is 1.71 bits per heavy atom. The molecule has 0 aromatic carbocycles. The lowest BCUT2D eigenvalue weighted by Gasteiger charge is -1.80. The first-order valence-corrected chi connectivity index (χ1v) is 2.12. The third-order valence-electron chi connectivity index (χ3n) is 0.558. The summed E-state index contributed by atoms with van der Waals surface area (Å²) in [5.74, 6) is 0. The highest BCUT2D eigenvalue weighted by molar-refractivity contribution is 4.29. The van der Waals surface area contributed by atoms with Crippen LogP contribution in [0.3, 0.4) is 0 Å². The van der Waals surface area contributed by atoms with Gasteiger partial charge in [-0.2, -0.15) is 0 Å². The van der Waals surface area contributed by atoms with Gasteiger partial charge in [0, 0.05) is 0 Å². The molecule has 0 aromatic heterocycles. The van der Waals surface area contributed by atoms with Crippen LogP contribution in [0.4, 0.5) is 0 Å². The van der Waals surface area contributed by atoms with E-state index in [1.165, 1.54) is 12.8 Å². The van der Waals surface area contributed by atoms with Gasteiger partial charge in [0.15, 0.2) is 0 Å². The number of rotatable bonds is 2. The Bertz CT molecular complexity index is 14.4. The summed E-state index contributed by atoms with van der Waals surface area (Å²) in [7, 11) is 0. The quantitative estimate of drug-likeness (QED) is 0.492. The van der Waals surface area contributed by atoms with Crippen molar-refractivity contribution in [3.8, 4) is 0 Å². The Labute approximate surface area is 45.4 Å². The zero-order valence-electron chi connectivity index (χ0n) is 5.11. The van der Waals surface area contributed by atoms with Crippen LogP contribution in [-0.4, -0.2) is 6.54 Å². The van der Waals surface area contributed by atoms with Crippen LogP contribution in [0.5, 0.6) is 0 Å². The van der Waals surface area contributed by atoms with Gasteiger partial charge >= 0.3 is 0 Å². The Kier molecular flexibility index (Phi) is 38.1. The molecule has 0 saturated carbocycles. The standard InChI is InChI=1S/C4H11N.2H3N/c1-2-3-4-5;;/h2-5H2,1H3;2*1H3. The van der Waals surface area contributed by atoms with Crippen molar-refractivity contribution in [2.24, 2.45) is 5.73 Å². The smallest absolute Gasteiger partial charge is 0.00774 e. The van der Waals surface area contributed by atoms with Crippen molar-refractivity contribution in [1.29, 1.82) is 0 Å². The summed E-state index contributed by atoms with van der Waals surface area (Å²) in [4.78, 5) is 0. The van der Waals surface area contributed by atoms with E-state index in [0.29, 0.717) is 0 Å². The second kappa shape index (κ2) is 16.9. The highest BCUT2D eigenvalue weighted by atomic mass is 14.5. The van der Waals surface area contributed by atoms with E-state index in [0.717, 1.165) is 6.54 Å². The van der Waals surface area contributed by atoms with Gasteiger partial charge in [-0.15, -0.1) is 0 Å². The summed E-state index contributed by atoms with van der Waals surface area (Å²) in [6.07, 6.45) is 2.39. The average molecular weight is 107 g/mol. The molecule has 0 aromatic rings. The van der Waals surface area contributed by atoms with Crippen molar-refractivity contribution >= 4 is 0 Å². The Morgan fingerprint density at radius 1 is 1.29 bits per heavy atom. The van der Waals surface area contributed by atoms with Crippen molar-refractivity contribution in [2.75, 3.05) is 6.54 Å². The predicted octanol–water partition coefficient (Wildman–Crippen LogP) is 1.07.